The van der Waals surface area contributed by atoms with E-state index in [1.54, 1.807) is 13.0 Å². The number of carboxylic acid groups (broad SMARTS) is 1. The first-order valence-electron chi connectivity index (χ1n) is 3.86. The Bertz CT molecular complexity index is 305. The van der Waals surface area contributed by atoms with Crippen molar-refractivity contribution in [2.75, 3.05) is 11.9 Å². The van der Waals surface area contributed by atoms with E-state index in [2.05, 4.69) is 15.3 Å². The third-order valence-electron chi connectivity index (χ3n) is 1.39. The fourth-order valence-corrected chi connectivity index (χ4v) is 0.974. The van der Waals surface area contributed by atoms with Crippen molar-refractivity contribution in [2.24, 2.45) is 0 Å². The molecule has 1 aromatic heterocycles. The average molecular weight is 181 g/mol. The highest BCUT2D eigenvalue weighted by Gasteiger charge is 2.00. The summed E-state index contributed by atoms with van der Waals surface area (Å²) in [5, 5.41) is 11.1. The quantitative estimate of drug-likeness (QED) is 0.713. The van der Waals surface area contributed by atoms with Crippen LogP contribution in [0.15, 0.2) is 6.07 Å². The number of rotatable bonds is 3. The lowest BCUT2D eigenvalue weighted by Crippen LogP contribution is -2.13. The maximum absolute atomic E-state index is 10.2. The second kappa shape index (κ2) is 3.84. The minimum Gasteiger partial charge on any atom is -0.480 e. The molecular formula is C8H11N3O2. The summed E-state index contributed by atoms with van der Waals surface area (Å²) in [7, 11) is 0. The molecule has 0 atom stereocenters. The molecule has 0 aliphatic carbocycles. The van der Waals surface area contributed by atoms with Crippen molar-refractivity contribution in [3.05, 3.63) is 17.6 Å². The smallest absolute Gasteiger partial charge is 0.322 e. The molecular weight excluding hydrogens is 170 g/mol. The van der Waals surface area contributed by atoms with Gasteiger partial charge in [-0.25, -0.2) is 9.97 Å². The molecule has 1 heterocycles. The van der Waals surface area contributed by atoms with E-state index in [0.717, 1.165) is 5.69 Å². The largest absolute Gasteiger partial charge is 0.480 e. The van der Waals surface area contributed by atoms with Crippen molar-refractivity contribution < 1.29 is 9.90 Å². The normalized spacial score (nSPS) is 9.69. The lowest BCUT2D eigenvalue weighted by Gasteiger charge is -2.03. The molecule has 0 aliphatic heterocycles. The summed E-state index contributed by atoms with van der Waals surface area (Å²) in [6.45, 7) is 3.47. The van der Waals surface area contributed by atoms with Gasteiger partial charge in [0.25, 0.3) is 0 Å². The van der Waals surface area contributed by atoms with Crippen LogP contribution in [0.5, 0.6) is 0 Å². The maximum Gasteiger partial charge on any atom is 0.322 e. The van der Waals surface area contributed by atoms with Crippen LogP contribution >= 0.6 is 0 Å². The molecule has 0 radical (unpaired) electrons. The Balaban J connectivity index is 2.71. The molecule has 2 N–H and O–H groups in total. The summed E-state index contributed by atoms with van der Waals surface area (Å²) >= 11 is 0. The number of hydrogen-bond donors (Lipinski definition) is 2. The molecule has 0 aliphatic rings. The van der Waals surface area contributed by atoms with Crippen LogP contribution in [0, 0.1) is 13.8 Å². The summed E-state index contributed by atoms with van der Waals surface area (Å²) in [6.07, 6.45) is 0. The maximum atomic E-state index is 10.2. The van der Waals surface area contributed by atoms with Crippen LogP contribution in [0.4, 0.5) is 5.82 Å². The van der Waals surface area contributed by atoms with Gasteiger partial charge in [-0.2, -0.15) is 0 Å². The van der Waals surface area contributed by atoms with E-state index in [4.69, 9.17) is 5.11 Å². The molecule has 0 fully saturated rings. The second-order valence-electron chi connectivity index (χ2n) is 2.69. The number of carboxylic acids is 1. The van der Waals surface area contributed by atoms with E-state index in [0.29, 0.717) is 11.6 Å². The molecule has 0 saturated heterocycles. The van der Waals surface area contributed by atoms with Gasteiger partial charge >= 0.3 is 5.97 Å². The van der Waals surface area contributed by atoms with Crippen molar-refractivity contribution in [2.45, 2.75) is 13.8 Å². The highest BCUT2D eigenvalue weighted by Crippen LogP contribution is 2.04. The van der Waals surface area contributed by atoms with Crippen molar-refractivity contribution >= 4 is 11.8 Å². The van der Waals surface area contributed by atoms with E-state index in [9.17, 15) is 4.79 Å². The Hall–Kier alpha value is -1.65. The van der Waals surface area contributed by atoms with Crippen LogP contribution in [0.25, 0.3) is 0 Å². The predicted molar refractivity (Wildman–Crippen MR) is 47.6 cm³/mol. The lowest BCUT2D eigenvalue weighted by atomic mass is 10.4. The summed E-state index contributed by atoms with van der Waals surface area (Å²) in [4.78, 5) is 18.3. The number of anilines is 1. The monoisotopic (exact) mass is 181 g/mol. The zero-order chi connectivity index (χ0) is 9.84. The number of aliphatic carboxylic acids is 1. The first kappa shape index (κ1) is 9.44. The lowest BCUT2D eigenvalue weighted by molar-refractivity contribution is -0.134. The minimum atomic E-state index is -0.908. The van der Waals surface area contributed by atoms with Gasteiger partial charge in [-0.15, -0.1) is 0 Å². The van der Waals surface area contributed by atoms with Gasteiger partial charge in [0.2, 0.25) is 0 Å². The minimum absolute atomic E-state index is 0.129. The third kappa shape index (κ3) is 3.06. The van der Waals surface area contributed by atoms with Gasteiger partial charge in [-0.1, -0.05) is 0 Å². The van der Waals surface area contributed by atoms with E-state index in [-0.39, 0.29) is 6.54 Å². The van der Waals surface area contributed by atoms with Crippen LogP contribution < -0.4 is 5.32 Å². The van der Waals surface area contributed by atoms with Gasteiger partial charge in [-0.3, -0.25) is 4.79 Å². The third-order valence-corrected chi connectivity index (χ3v) is 1.39. The Morgan fingerprint density at radius 1 is 1.54 bits per heavy atom. The van der Waals surface area contributed by atoms with Gasteiger partial charge in [-0.05, 0) is 13.8 Å². The number of hydrogen-bond acceptors (Lipinski definition) is 4. The Kier molecular flexibility index (Phi) is 2.79. The van der Waals surface area contributed by atoms with Crippen molar-refractivity contribution in [3.8, 4) is 0 Å². The molecule has 0 unspecified atom stereocenters. The summed E-state index contributed by atoms with van der Waals surface area (Å²) in [5.41, 5.74) is 0.820. The van der Waals surface area contributed by atoms with Gasteiger partial charge in [0.1, 0.15) is 18.2 Å². The molecule has 70 valence electrons. The molecule has 5 nitrogen and oxygen atoms in total. The number of aromatic nitrogens is 2. The zero-order valence-corrected chi connectivity index (χ0v) is 7.53. The summed E-state index contributed by atoms with van der Waals surface area (Å²) in [5.74, 6) is 0.272. The van der Waals surface area contributed by atoms with Gasteiger partial charge in [0.15, 0.2) is 0 Å². The zero-order valence-electron chi connectivity index (χ0n) is 7.53. The molecule has 0 spiro atoms. The Morgan fingerprint density at radius 2 is 2.23 bits per heavy atom. The second-order valence-corrected chi connectivity index (χ2v) is 2.69. The number of nitrogens with one attached hydrogen (secondary N) is 1. The van der Waals surface area contributed by atoms with Crippen LogP contribution in [0.1, 0.15) is 11.5 Å². The number of carbonyl (C=O) groups is 1. The van der Waals surface area contributed by atoms with E-state index < -0.39 is 5.97 Å². The van der Waals surface area contributed by atoms with Gasteiger partial charge in [0, 0.05) is 11.8 Å². The Labute approximate surface area is 75.8 Å². The summed E-state index contributed by atoms with van der Waals surface area (Å²) in [6, 6.07) is 1.70. The molecule has 0 amide bonds. The highest BCUT2D eigenvalue weighted by molar-refractivity contribution is 5.72. The van der Waals surface area contributed by atoms with Crippen molar-refractivity contribution in [1.82, 2.24) is 9.97 Å². The molecule has 13 heavy (non-hydrogen) atoms. The van der Waals surface area contributed by atoms with Gasteiger partial charge < -0.3 is 10.4 Å². The molecule has 1 rings (SSSR count). The summed E-state index contributed by atoms with van der Waals surface area (Å²) < 4.78 is 0. The first-order valence-corrected chi connectivity index (χ1v) is 3.86. The highest BCUT2D eigenvalue weighted by atomic mass is 16.4. The number of nitrogens with zero attached hydrogens (tertiary/aromatic N) is 2. The number of aryl methyl sites for hydroxylation is 2. The fourth-order valence-electron chi connectivity index (χ4n) is 0.974. The molecule has 0 aromatic carbocycles. The molecule has 1 aromatic rings. The van der Waals surface area contributed by atoms with E-state index in [1.165, 1.54) is 0 Å². The topological polar surface area (TPSA) is 75.1 Å². The first-order chi connectivity index (χ1) is 6.08. The SMILES string of the molecule is Cc1cc(NCC(=O)O)nc(C)n1. The molecule has 0 bridgehead atoms. The van der Waals surface area contributed by atoms with Gasteiger partial charge in [0.05, 0.1) is 0 Å². The van der Waals surface area contributed by atoms with Crippen LogP contribution in [0.3, 0.4) is 0 Å². The average Bonchev–Trinajstić information content (AvgIpc) is 1.99. The molecule has 5 heteroatoms. The fraction of sp³-hybridized carbons (Fsp3) is 0.375. The van der Waals surface area contributed by atoms with Crippen LogP contribution in [-0.4, -0.2) is 27.6 Å². The Morgan fingerprint density at radius 3 is 2.77 bits per heavy atom. The van der Waals surface area contributed by atoms with E-state index in [1.807, 2.05) is 6.92 Å². The van der Waals surface area contributed by atoms with Crippen LogP contribution in [0.2, 0.25) is 0 Å². The molecule has 0 saturated carbocycles. The standard InChI is InChI=1S/C8H11N3O2/c1-5-3-7(9-4-8(12)13)11-6(2)10-5/h3H,4H2,1-2H3,(H,12,13)(H,9,10,11). The van der Waals surface area contributed by atoms with E-state index >= 15 is 0 Å². The predicted octanol–water partition coefficient (Wildman–Crippen LogP) is 0.590. The van der Waals surface area contributed by atoms with Crippen molar-refractivity contribution in [1.29, 1.82) is 0 Å². The van der Waals surface area contributed by atoms with Crippen LogP contribution in [-0.2, 0) is 4.79 Å². The van der Waals surface area contributed by atoms with Crippen molar-refractivity contribution in [3.63, 3.8) is 0 Å².